The van der Waals surface area contributed by atoms with Crippen molar-refractivity contribution in [1.29, 1.82) is 0 Å². The van der Waals surface area contributed by atoms with Crippen molar-refractivity contribution in [2.24, 2.45) is 5.92 Å². The number of ether oxygens (including phenoxy) is 3. The van der Waals surface area contributed by atoms with E-state index in [2.05, 4.69) is 11.9 Å². The van der Waals surface area contributed by atoms with Crippen LogP contribution in [0.25, 0.3) is 0 Å². The van der Waals surface area contributed by atoms with E-state index in [9.17, 15) is 18.0 Å². The third-order valence-electron chi connectivity index (χ3n) is 4.90. The molecule has 2 aliphatic heterocycles. The molecule has 2 fully saturated rings. The highest BCUT2D eigenvalue weighted by Crippen LogP contribution is 2.29. The van der Waals surface area contributed by atoms with Crippen molar-refractivity contribution in [3.8, 4) is 11.5 Å². The van der Waals surface area contributed by atoms with Crippen molar-refractivity contribution in [2.75, 3.05) is 54.1 Å². The van der Waals surface area contributed by atoms with E-state index >= 15 is 0 Å². The molecule has 0 unspecified atom stereocenters. The van der Waals surface area contributed by atoms with Gasteiger partial charge in [-0.05, 0) is 19.2 Å². The summed E-state index contributed by atoms with van der Waals surface area (Å²) in [5.74, 6) is -1.18. The number of rotatable bonds is 3. The SMILES string of the molecule is COc1ccc(C(=O)N2C[C@@H]3CN(C)CCO[C@@H]3C2)c(OC)c1.O=C(O)C(F)(F)F. The van der Waals surface area contributed by atoms with Gasteiger partial charge in [-0.1, -0.05) is 0 Å². The second-order valence-corrected chi connectivity index (χ2v) is 7.01. The van der Waals surface area contributed by atoms with Crippen LogP contribution >= 0.6 is 0 Å². The average molecular weight is 434 g/mol. The highest BCUT2D eigenvalue weighted by molar-refractivity contribution is 5.97. The Morgan fingerprint density at radius 1 is 1.17 bits per heavy atom. The van der Waals surface area contributed by atoms with Crippen molar-refractivity contribution in [1.82, 2.24) is 9.80 Å². The number of aliphatic carboxylic acids is 1. The lowest BCUT2D eigenvalue weighted by Crippen LogP contribution is -2.32. The average Bonchev–Trinajstić information content (AvgIpc) is 3.00. The van der Waals surface area contributed by atoms with Crippen LogP contribution in [0.5, 0.6) is 11.5 Å². The molecule has 168 valence electrons. The van der Waals surface area contributed by atoms with Crippen LogP contribution in [0.3, 0.4) is 0 Å². The highest BCUT2D eigenvalue weighted by Gasteiger charge is 2.39. The first-order valence-corrected chi connectivity index (χ1v) is 9.18. The first-order valence-electron chi connectivity index (χ1n) is 9.18. The van der Waals surface area contributed by atoms with E-state index in [1.54, 1.807) is 32.4 Å². The molecule has 0 bridgehead atoms. The molecule has 2 aliphatic rings. The third-order valence-corrected chi connectivity index (χ3v) is 4.90. The molecule has 1 amide bonds. The lowest BCUT2D eigenvalue weighted by atomic mass is 10.1. The van der Waals surface area contributed by atoms with Crippen molar-refractivity contribution in [2.45, 2.75) is 12.3 Å². The van der Waals surface area contributed by atoms with Gasteiger partial charge in [0.2, 0.25) is 0 Å². The van der Waals surface area contributed by atoms with E-state index in [4.69, 9.17) is 24.1 Å². The molecule has 0 aromatic heterocycles. The van der Waals surface area contributed by atoms with E-state index in [0.717, 1.165) is 26.2 Å². The number of methoxy groups -OCH3 is 2. The largest absolute Gasteiger partial charge is 0.497 e. The molecule has 0 aliphatic carbocycles. The Morgan fingerprint density at radius 3 is 2.40 bits per heavy atom. The van der Waals surface area contributed by atoms with Gasteiger partial charge in [0.1, 0.15) is 11.5 Å². The number of nitrogens with zero attached hydrogens (tertiary/aromatic N) is 2. The lowest BCUT2D eigenvalue weighted by Gasteiger charge is -2.20. The van der Waals surface area contributed by atoms with Crippen LogP contribution in [0.1, 0.15) is 10.4 Å². The molecule has 2 heterocycles. The van der Waals surface area contributed by atoms with Crippen LogP contribution in [-0.2, 0) is 9.53 Å². The monoisotopic (exact) mass is 434 g/mol. The number of fused-ring (bicyclic) bond motifs is 1. The van der Waals surface area contributed by atoms with Gasteiger partial charge in [-0.2, -0.15) is 13.2 Å². The Balaban J connectivity index is 0.000000396. The molecule has 8 nitrogen and oxygen atoms in total. The summed E-state index contributed by atoms with van der Waals surface area (Å²) in [4.78, 5) is 25.9. The molecule has 0 saturated carbocycles. The number of carbonyl (C=O) groups excluding carboxylic acids is 1. The number of amides is 1. The number of benzene rings is 1. The molecule has 1 aromatic carbocycles. The fourth-order valence-corrected chi connectivity index (χ4v) is 3.37. The Morgan fingerprint density at radius 2 is 1.83 bits per heavy atom. The molecule has 3 rings (SSSR count). The molecule has 30 heavy (non-hydrogen) atoms. The fraction of sp³-hybridized carbons (Fsp3) is 0.579. The van der Waals surface area contributed by atoms with E-state index in [1.807, 2.05) is 4.90 Å². The number of hydrogen-bond donors (Lipinski definition) is 1. The summed E-state index contributed by atoms with van der Waals surface area (Å²) in [5.41, 5.74) is 0.568. The second-order valence-electron chi connectivity index (χ2n) is 7.01. The Hall–Kier alpha value is -2.53. The third kappa shape index (κ3) is 5.99. The number of carboxylic acids is 1. The summed E-state index contributed by atoms with van der Waals surface area (Å²) in [6, 6.07) is 5.29. The van der Waals surface area contributed by atoms with Crippen molar-refractivity contribution in [3.63, 3.8) is 0 Å². The Labute approximate surface area is 172 Å². The zero-order valence-electron chi connectivity index (χ0n) is 16.9. The minimum Gasteiger partial charge on any atom is -0.497 e. The van der Waals surface area contributed by atoms with Gasteiger partial charge in [-0.15, -0.1) is 0 Å². The zero-order chi connectivity index (χ0) is 22.5. The number of carbonyl (C=O) groups is 2. The van der Waals surface area contributed by atoms with Crippen molar-refractivity contribution < 1.29 is 42.1 Å². The first kappa shape index (κ1) is 23.7. The number of alkyl halides is 3. The van der Waals surface area contributed by atoms with Gasteiger partial charge in [0.05, 0.1) is 32.5 Å². The molecular formula is C19H25F3N2O6. The summed E-state index contributed by atoms with van der Waals surface area (Å²) in [6.45, 7) is 4.02. The molecular weight excluding hydrogens is 409 g/mol. The molecule has 2 saturated heterocycles. The van der Waals surface area contributed by atoms with Crippen LogP contribution in [0.4, 0.5) is 13.2 Å². The molecule has 1 aromatic rings. The molecule has 11 heteroatoms. The quantitative estimate of drug-likeness (QED) is 0.775. The second kappa shape index (κ2) is 9.98. The Kier molecular flexibility index (Phi) is 7.90. The van der Waals surface area contributed by atoms with Gasteiger partial charge in [-0.25, -0.2) is 4.79 Å². The topological polar surface area (TPSA) is 88.5 Å². The number of hydrogen-bond acceptors (Lipinski definition) is 6. The maximum atomic E-state index is 12.9. The minimum absolute atomic E-state index is 0.0103. The number of likely N-dealkylation sites (tertiary alicyclic amines) is 1. The highest BCUT2D eigenvalue weighted by atomic mass is 19.4. The summed E-state index contributed by atoms with van der Waals surface area (Å²) >= 11 is 0. The lowest BCUT2D eigenvalue weighted by molar-refractivity contribution is -0.192. The summed E-state index contributed by atoms with van der Waals surface area (Å²) in [6.07, 6.45) is -4.95. The van der Waals surface area contributed by atoms with Gasteiger partial charge in [0.25, 0.3) is 5.91 Å². The van der Waals surface area contributed by atoms with Gasteiger partial charge >= 0.3 is 12.1 Å². The van der Waals surface area contributed by atoms with Gasteiger partial charge in [-0.3, -0.25) is 4.79 Å². The minimum atomic E-state index is -5.08. The normalized spacial score (nSPS) is 21.7. The van der Waals surface area contributed by atoms with Gasteiger partial charge < -0.3 is 29.1 Å². The van der Waals surface area contributed by atoms with Crippen LogP contribution in [0, 0.1) is 5.92 Å². The number of likely N-dealkylation sites (N-methyl/N-ethyl adjacent to an activating group) is 1. The standard InChI is InChI=1S/C17H24N2O4.C2HF3O2/c1-18-6-7-23-16-11-19(10-12(16)9-18)17(20)14-5-4-13(21-2)8-15(14)22-3;3-2(4,5)1(6)7/h4-5,8,12,16H,6-7,9-11H2,1-3H3;(H,6,7)/t12-,16+;/m0./s1. The summed E-state index contributed by atoms with van der Waals surface area (Å²) in [7, 11) is 5.26. The Bertz CT molecular complexity index is 758. The van der Waals surface area contributed by atoms with E-state index in [0.29, 0.717) is 29.5 Å². The fourth-order valence-electron chi connectivity index (χ4n) is 3.37. The predicted molar refractivity (Wildman–Crippen MR) is 99.9 cm³/mol. The van der Waals surface area contributed by atoms with E-state index in [-0.39, 0.29) is 12.0 Å². The van der Waals surface area contributed by atoms with Crippen LogP contribution < -0.4 is 9.47 Å². The molecule has 1 N–H and O–H groups in total. The summed E-state index contributed by atoms with van der Waals surface area (Å²) in [5, 5.41) is 7.12. The zero-order valence-corrected chi connectivity index (χ0v) is 16.9. The van der Waals surface area contributed by atoms with Gasteiger partial charge in [0, 0.05) is 38.2 Å². The molecule has 0 spiro atoms. The molecule has 2 atom stereocenters. The van der Waals surface area contributed by atoms with Crippen LogP contribution in [0.2, 0.25) is 0 Å². The summed E-state index contributed by atoms with van der Waals surface area (Å²) < 4.78 is 48.2. The van der Waals surface area contributed by atoms with Crippen molar-refractivity contribution in [3.05, 3.63) is 23.8 Å². The number of halogens is 3. The van der Waals surface area contributed by atoms with Gasteiger partial charge in [0.15, 0.2) is 0 Å². The van der Waals surface area contributed by atoms with E-state index in [1.165, 1.54) is 0 Å². The van der Waals surface area contributed by atoms with Crippen LogP contribution in [0.15, 0.2) is 18.2 Å². The van der Waals surface area contributed by atoms with Crippen LogP contribution in [-0.4, -0.2) is 93.1 Å². The predicted octanol–water partition coefficient (Wildman–Crippen LogP) is 1.74. The van der Waals surface area contributed by atoms with Crippen molar-refractivity contribution >= 4 is 11.9 Å². The first-order chi connectivity index (χ1) is 14.1. The smallest absolute Gasteiger partial charge is 0.490 e. The van der Waals surface area contributed by atoms with E-state index < -0.39 is 12.1 Å². The molecule has 0 radical (unpaired) electrons. The number of carboxylic acid groups (broad SMARTS) is 1. The maximum absolute atomic E-state index is 12.9. The maximum Gasteiger partial charge on any atom is 0.490 e.